The Kier molecular flexibility index (Phi) is 3.47. The van der Waals surface area contributed by atoms with Gasteiger partial charge in [0.25, 0.3) is 0 Å². The van der Waals surface area contributed by atoms with E-state index in [2.05, 4.69) is 0 Å². The van der Waals surface area contributed by atoms with Crippen LogP contribution in [-0.4, -0.2) is 34.5 Å². The second-order valence-corrected chi connectivity index (χ2v) is 9.01. The van der Waals surface area contributed by atoms with Gasteiger partial charge in [-0.15, -0.1) is 0 Å². The summed E-state index contributed by atoms with van der Waals surface area (Å²) in [5.74, 6) is -0.638. The Balaban J connectivity index is 1.78. The summed E-state index contributed by atoms with van der Waals surface area (Å²) in [5, 5.41) is 20.6. The van der Waals surface area contributed by atoms with Gasteiger partial charge < -0.3 is 10.2 Å². The maximum Gasteiger partial charge on any atom is 0.161 e. The van der Waals surface area contributed by atoms with Crippen molar-refractivity contribution < 1.29 is 22.5 Å². The highest BCUT2D eigenvalue weighted by molar-refractivity contribution is 5.91. The van der Waals surface area contributed by atoms with Crippen molar-refractivity contribution in [2.75, 3.05) is 6.61 Å². The maximum absolute atomic E-state index is 12.3. The third kappa shape index (κ3) is 2.33. The maximum atomic E-state index is 12.3. The first-order valence-electron chi connectivity index (χ1n) is 10.7. The Morgan fingerprint density at radius 3 is 2.84 bits per heavy atom. The Morgan fingerprint density at radius 1 is 1.36 bits per heavy atom. The van der Waals surface area contributed by atoms with Crippen molar-refractivity contribution in [2.24, 2.45) is 34.5 Å². The van der Waals surface area contributed by atoms with Crippen LogP contribution < -0.4 is 0 Å². The lowest BCUT2D eigenvalue weighted by Crippen LogP contribution is -2.57. The van der Waals surface area contributed by atoms with E-state index >= 15 is 0 Å². The minimum atomic E-state index is -0.703. The van der Waals surface area contributed by atoms with Crippen LogP contribution in [0.3, 0.4) is 0 Å². The number of carbonyl (C=O) groups is 2. The molecule has 25 heavy (non-hydrogen) atoms. The van der Waals surface area contributed by atoms with Gasteiger partial charge in [-0.2, -0.15) is 0 Å². The smallest absolute Gasteiger partial charge is 0.161 e. The summed E-state index contributed by atoms with van der Waals surface area (Å²) >= 11 is 0. The number of ketones is 2. The molecule has 4 aliphatic rings. The predicted octanol–water partition coefficient (Wildman–Crippen LogP) is 2.67. The van der Waals surface area contributed by atoms with Crippen LogP contribution >= 0.6 is 0 Å². The van der Waals surface area contributed by atoms with Crippen LogP contribution in [0.15, 0.2) is 11.6 Å². The normalized spacial score (nSPS) is 56.1. The van der Waals surface area contributed by atoms with Gasteiger partial charge in [0.2, 0.25) is 0 Å². The number of aliphatic hydroxyl groups excluding tert-OH is 2. The second-order valence-electron chi connectivity index (χ2n) is 9.01. The van der Waals surface area contributed by atoms with E-state index in [-0.39, 0.29) is 41.7 Å². The summed E-state index contributed by atoms with van der Waals surface area (Å²) in [6.07, 6.45) is 2.53. The Bertz CT molecular complexity index is 706. The van der Waals surface area contributed by atoms with Crippen molar-refractivity contribution in [3.63, 3.8) is 0 Å². The molecule has 0 saturated heterocycles. The molecule has 3 saturated carbocycles. The van der Waals surface area contributed by atoms with E-state index in [4.69, 9.17) is 2.74 Å². The monoisotopic (exact) mass is 350 g/mol. The first kappa shape index (κ1) is 15.1. The molecule has 0 aliphatic heterocycles. The number of hydrogen-bond donors (Lipinski definition) is 2. The Morgan fingerprint density at radius 2 is 2.12 bits per heavy atom. The van der Waals surface area contributed by atoms with Gasteiger partial charge in [0.05, 0.1) is 6.10 Å². The first-order chi connectivity index (χ1) is 12.6. The van der Waals surface area contributed by atoms with E-state index in [0.717, 1.165) is 12.0 Å². The van der Waals surface area contributed by atoms with E-state index in [1.807, 2.05) is 13.8 Å². The third-order valence-corrected chi connectivity index (χ3v) is 7.95. The molecule has 0 heterocycles. The topological polar surface area (TPSA) is 74.6 Å². The number of Topliss-reactive ketones (excluding diaryl/α,β-unsaturated/α-hetero) is 1. The number of rotatable bonds is 2. The molecule has 0 aromatic rings. The minimum absolute atomic E-state index is 0.0438. The van der Waals surface area contributed by atoms with Gasteiger partial charge >= 0.3 is 0 Å². The molecule has 3 fully saturated rings. The molecule has 0 aromatic heterocycles. The van der Waals surface area contributed by atoms with E-state index in [0.29, 0.717) is 19.3 Å². The summed E-state index contributed by atoms with van der Waals surface area (Å²) in [7, 11) is 0. The van der Waals surface area contributed by atoms with E-state index in [1.165, 1.54) is 0 Å². The molecule has 4 aliphatic carbocycles. The molecule has 4 rings (SSSR count). The number of hydrogen-bond acceptors (Lipinski definition) is 4. The summed E-state index contributed by atoms with van der Waals surface area (Å²) in [5.41, 5.74) is -0.126. The lowest BCUT2D eigenvalue weighted by molar-refractivity contribution is -0.146. The van der Waals surface area contributed by atoms with E-state index < -0.39 is 36.3 Å². The molecule has 0 bridgehead atoms. The van der Waals surface area contributed by atoms with Gasteiger partial charge in [-0.25, -0.2) is 0 Å². The molecule has 138 valence electrons. The van der Waals surface area contributed by atoms with Crippen molar-refractivity contribution >= 4 is 11.6 Å². The van der Waals surface area contributed by atoms with Crippen molar-refractivity contribution in [3.05, 3.63) is 11.6 Å². The average Bonchev–Trinajstić information content (AvgIpc) is 2.92. The van der Waals surface area contributed by atoms with Crippen molar-refractivity contribution in [2.45, 2.75) is 64.8 Å². The zero-order chi connectivity index (χ0) is 19.7. The van der Waals surface area contributed by atoms with Crippen LogP contribution in [0.4, 0.5) is 0 Å². The fraction of sp³-hybridized carbons (Fsp3) is 0.810. The van der Waals surface area contributed by atoms with Crippen LogP contribution in [0.25, 0.3) is 0 Å². The second kappa shape index (κ2) is 5.75. The van der Waals surface area contributed by atoms with Gasteiger partial charge in [0.15, 0.2) is 11.6 Å². The largest absolute Gasteiger partial charge is 0.393 e. The number of fused-ring (bicyclic) bond motifs is 5. The van der Waals surface area contributed by atoms with Gasteiger partial charge in [-0.05, 0) is 73.1 Å². The van der Waals surface area contributed by atoms with E-state index in [9.17, 15) is 19.8 Å². The minimum Gasteiger partial charge on any atom is -0.393 e. The van der Waals surface area contributed by atoms with Crippen LogP contribution in [0.2, 0.25) is 0 Å². The summed E-state index contributed by atoms with van der Waals surface area (Å²) in [6.45, 7) is 3.58. The molecular weight excluding hydrogens is 318 g/mol. The highest BCUT2D eigenvalue weighted by Gasteiger charge is 2.62. The third-order valence-electron chi connectivity index (χ3n) is 7.95. The summed E-state index contributed by atoms with van der Waals surface area (Å²) < 4.78 is 17.5. The van der Waals surface area contributed by atoms with Crippen molar-refractivity contribution in [1.82, 2.24) is 0 Å². The van der Waals surface area contributed by atoms with Crippen molar-refractivity contribution in [3.8, 4) is 0 Å². The van der Waals surface area contributed by atoms with Gasteiger partial charge in [-0.1, -0.05) is 19.4 Å². The zero-order valence-electron chi connectivity index (χ0n) is 17.1. The highest BCUT2D eigenvalue weighted by atomic mass is 16.3. The van der Waals surface area contributed by atoms with Crippen LogP contribution in [0.5, 0.6) is 0 Å². The fourth-order valence-electron chi connectivity index (χ4n) is 6.77. The fourth-order valence-corrected chi connectivity index (χ4v) is 6.77. The molecule has 2 N–H and O–H groups in total. The predicted molar refractivity (Wildman–Crippen MR) is 93.7 cm³/mol. The molecule has 0 amide bonds. The molecule has 1 unspecified atom stereocenters. The average molecular weight is 350 g/mol. The number of allylic oxidation sites excluding steroid dienone is 1. The molecular formula is C21H30O4. The van der Waals surface area contributed by atoms with Crippen molar-refractivity contribution in [1.29, 1.82) is 0 Å². The molecule has 4 nitrogen and oxygen atoms in total. The van der Waals surface area contributed by atoms with Gasteiger partial charge in [0, 0.05) is 15.1 Å². The standard InChI is InChI=1S/C21H30O4/c1-20-8-7-13(23)9-12(20)3-4-14-15-5-6-16(18(25)11-22)21(15,2)10-17(24)19(14)20/h9,14-17,19,22,24H,3-8,10-11H2,1-2H3/t14-,15-,16-,17-,19+,20-,21-/m0/s1/i4D,8D,9+1,13+1/t4?,8-,14-,15-,16-,17-,19+,20-,21-. The summed E-state index contributed by atoms with van der Waals surface area (Å²) in [6, 6.07) is 0. The number of carbonyl (C=O) groups excluding carboxylic acids is 2. The molecule has 0 aromatic carbocycles. The van der Waals surface area contributed by atoms with Gasteiger partial charge in [-0.3, -0.25) is 9.59 Å². The van der Waals surface area contributed by atoms with Crippen LogP contribution in [-0.2, 0) is 9.59 Å². The van der Waals surface area contributed by atoms with Gasteiger partial charge in [0.1, 0.15) is 6.61 Å². The first-order valence-corrected chi connectivity index (χ1v) is 9.54. The Hall–Kier alpha value is -1.00. The lowest BCUT2D eigenvalue weighted by Gasteiger charge is -2.59. The highest BCUT2D eigenvalue weighted by Crippen LogP contribution is 2.66. The quantitative estimate of drug-likeness (QED) is 0.751. The molecule has 0 radical (unpaired) electrons. The Labute approximate surface area is 152 Å². The van der Waals surface area contributed by atoms with E-state index in [1.54, 1.807) is 6.08 Å². The van der Waals surface area contributed by atoms with Crippen LogP contribution in [0.1, 0.15) is 61.5 Å². The molecule has 4 heteroatoms. The zero-order valence-corrected chi connectivity index (χ0v) is 15.1. The number of aliphatic hydroxyl groups is 2. The SMILES string of the molecule is [2H]C1CC2=[13CH][13C](=O)C[C@H]([2H])[C@]2(C)[C@@H]2[C@@H]1[C@@H]1CC[C@@H](C(=O)CO)[C@@]1(C)C[C@@H]2O. The lowest BCUT2D eigenvalue weighted by atomic mass is 9.46. The summed E-state index contributed by atoms with van der Waals surface area (Å²) in [4.78, 5) is 24.4. The molecule has 0 spiro atoms. The molecule has 9 atom stereocenters. The van der Waals surface area contributed by atoms with Crippen LogP contribution in [0, 0.1) is 34.5 Å².